The number of hydrogen-bond acceptors (Lipinski definition) is 2. The van der Waals surface area contributed by atoms with Crippen LogP contribution in [0, 0.1) is 6.92 Å². The Balaban J connectivity index is 2.43. The van der Waals surface area contributed by atoms with Crippen molar-refractivity contribution in [2.75, 3.05) is 4.90 Å². The molecule has 1 heterocycles. The van der Waals surface area contributed by atoms with E-state index in [2.05, 4.69) is 54.9 Å². The molecule has 2 nitrogen and oxygen atoms in total. The molecule has 2 rings (SSSR count). The van der Waals surface area contributed by atoms with Crippen LogP contribution in [0.1, 0.15) is 19.4 Å². The summed E-state index contributed by atoms with van der Waals surface area (Å²) in [6, 6.07) is 14.9. The van der Waals surface area contributed by atoms with Crippen LogP contribution < -0.4 is 4.90 Å². The molecule has 1 aromatic carbocycles. The Kier molecular flexibility index (Phi) is 3.43. The minimum atomic E-state index is 0.381. The molecule has 0 N–H and O–H groups in total. The second-order valence-corrected chi connectivity index (χ2v) is 4.49. The Bertz CT molecular complexity index is 477. The zero-order valence-electron chi connectivity index (χ0n) is 10.6. The van der Waals surface area contributed by atoms with Crippen molar-refractivity contribution in [3.05, 3.63) is 54.2 Å². The van der Waals surface area contributed by atoms with Crippen LogP contribution in [0.2, 0.25) is 0 Å². The van der Waals surface area contributed by atoms with Gasteiger partial charge in [-0.2, -0.15) is 0 Å². The second kappa shape index (κ2) is 5.00. The summed E-state index contributed by atoms with van der Waals surface area (Å²) in [7, 11) is 0. The number of aromatic nitrogens is 1. The Morgan fingerprint density at radius 3 is 2.47 bits per heavy atom. The highest BCUT2D eigenvalue weighted by Crippen LogP contribution is 2.26. The van der Waals surface area contributed by atoms with Crippen molar-refractivity contribution < 1.29 is 0 Å². The Morgan fingerprint density at radius 1 is 1.06 bits per heavy atom. The van der Waals surface area contributed by atoms with Crippen LogP contribution in [-0.4, -0.2) is 11.0 Å². The van der Waals surface area contributed by atoms with Crippen molar-refractivity contribution >= 4 is 11.5 Å². The monoisotopic (exact) mass is 226 g/mol. The number of benzene rings is 1. The summed E-state index contributed by atoms with van der Waals surface area (Å²) in [6.45, 7) is 6.47. The van der Waals surface area contributed by atoms with Gasteiger partial charge in [-0.05, 0) is 50.6 Å². The van der Waals surface area contributed by atoms with Crippen LogP contribution in [0.15, 0.2) is 48.7 Å². The molecule has 0 saturated carbocycles. The molecule has 2 heteroatoms. The van der Waals surface area contributed by atoms with Crippen molar-refractivity contribution in [2.24, 2.45) is 0 Å². The average Bonchev–Trinajstić information content (AvgIpc) is 2.30. The molecule has 0 atom stereocenters. The van der Waals surface area contributed by atoms with Gasteiger partial charge >= 0.3 is 0 Å². The molecule has 0 amide bonds. The number of nitrogens with zero attached hydrogens (tertiary/aromatic N) is 2. The number of pyridine rings is 1. The molecule has 17 heavy (non-hydrogen) atoms. The summed E-state index contributed by atoms with van der Waals surface area (Å²) < 4.78 is 0. The number of hydrogen-bond donors (Lipinski definition) is 0. The van der Waals surface area contributed by atoms with E-state index in [9.17, 15) is 0 Å². The van der Waals surface area contributed by atoms with Gasteiger partial charge in [0.2, 0.25) is 0 Å². The molecule has 0 radical (unpaired) electrons. The first-order valence-electron chi connectivity index (χ1n) is 5.95. The fourth-order valence-electron chi connectivity index (χ4n) is 1.97. The summed E-state index contributed by atoms with van der Waals surface area (Å²) in [5.41, 5.74) is 2.46. The van der Waals surface area contributed by atoms with Crippen molar-refractivity contribution in [3.8, 4) is 0 Å². The average molecular weight is 226 g/mol. The molecule has 88 valence electrons. The van der Waals surface area contributed by atoms with Crippen LogP contribution in [0.25, 0.3) is 0 Å². The highest BCUT2D eigenvalue weighted by atomic mass is 15.2. The maximum atomic E-state index is 4.43. The molecule has 2 aromatic rings. The zero-order chi connectivity index (χ0) is 12.3. The second-order valence-electron chi connectivity index (χ2n) is 4.49. The third kappa shape index (κ3) is 2.64. The normalized spacial score (nSPS) is 10.6. The van der Waals surface area contributed by atoms with E-state index in [-0.39, 0.29) is 0 Å². The largest absolute Gasteiger partial charge is 0.324 e. The fraction of sp³-hybridized carbons (Fsp3) is 0.267. The standard InChI is InChI=1S/C15H18N2/c1-12(2)17(15-9-4-5-10-16-15)14-8-6-7-13(3)11-14/h4-12H,1-3H3. The van der Waals surface area contributed by atoms with Crippen LogP contribution in [0.5, 0.6) is 0 Å². The minimum Gasteiger partial charge on any atom is -0.324 e. The van der Waals surface area contributed by atoms with Gasteiger partial charge in [-0.3, -0.25) is 0 Å². The Hall–Kier alpha value is -1.83. The Morgan fingerprint density at radius 2 is 1.88 bits per heavy atom. The topological polar surface area (TPSA) is 16.1 Å². The van der Waals surface area contributed by atoms with E-state index >= 15 is 0 Å². The molecule has 0 bridgehead atoms. The van der Waals surface area contributed by atoms with Crippen LogP contribution >= 0.6 is 0 Å². The van der Waals surface area contributed by atoms with E-state index in [1.165, 1.54) is 11.3 Å². The molecule has 0 fully saturated rings. The fourth-order valence-corrected chi connectivity index (χ4v) is 1.97. The van der Waals surface area contributed by atoms with Crippen molar-refractivity contribution in [1.29, 1.82) is 0 Å². The van der Waals surface area contributed by atoms with E-state index in [4.69, 9.17) is 0 Å². The molecule has 0 aliphatic heterocycles. The lowest BCUT2D eigenvalue weighted by Crippen LogP contribution is -2.26. The molecule has 0 aliphatic rings. The van der Waals surface area contributed by atoms with E-state index in [1.807, 2.05) is 24.4 Å². The van der Waals surface area contributed by atoms with Crippen LogP contribution in [-0.2, 0) is 0 Å². The van der Waals surface area contributed by atoms with E-state index in [1.54, 1.807) is 0 Å². The highest BCUT2D eigenvalue weighted by Gasteiger charge is 2.13. The van der Waals surface area contributed by atoms with Gasteiger partial charge < -0.3 is 4.90 Å². The van der Waals surface area contributed by atoms with Gasteiger partial charge in [0.25, 0.3) is 0 Å². The maximum Gasteiger partial charge on any atom is 0.133 e. The quantitative estimate of drug-likeness (QED) is 0.788. The molecule has 0 spiro atoms. The molecular weight excluding hydrogens is 208 g/mol. The van der Waals surface area contributed by atoms with Crippen LogP contribution in [0.3, 0.4) is 0 Å². The molecule has 0 aliphatic carbocycles. The van der Waals surface area contributed by atoms with Crippen molar-refractivity contribution in [2.45, 2.75) is 26.8 Å². The molecule has 0 unspecified atom stereocenters. The van der Waals surface area contributed by atoms with Gasteiger partial charge in [0.1, 0.15) is 5.82 Å². The van der Waals surface area contributed by atoms with E-state index in [0.717, 1.165) is 5.82 Å². The summed E-state index contributed by atoms with van der Waals surface area (Å²) in [5.74, 6) is 0.994. The van der Waals surface area contributed by atoms with Crippen molar-refractivity contribution in [1.82, 2.24) is 4.98 Å². The van der Waals surface area contributed by atoms with Gasteiger partial charge in [-0.25, -0.2) is 4.98 Å². The first-order chi connectivity index (χ1) is 8.18. The lowest BCUT2D eigenvalue weighted by atomic mass is 10.2. The summed E-state index contributed by atoms with van der Waals surface area (Å²) in [4.78, 5) is 6.68. The van der Waals surface area contributed by atoms with Crippen LogP contribution in [0.4, 0.5) is 11.5 Å². The summed E-state index contributed by atoms with van der Waals surface area (Å²) >= 11 is 0. The SMILES string of the molecule is Cc1cccc(N(c2ccccn2)C(C)C)c1. The molecule has 1 aromatic heterocycles. The highest BCUT2D eigenvalue weighted by molar-refractivity contribution is 5.61. The first kappa shape index (κ1) is 11.6. The van der Waals surface area contributed by atoms with Gasteiger partial charge in [0, 0.05) is 17.9 Å². The number of rotatable bonds is 3. The molecule has 0 saturated heterocycles. The van der Waals surface area contributed by atoms with Gasteiger partial charge in [-0.15, -0.1) is 0 Å². The lowest BCUT2D eigenvalue weighted by Gasteiger charge is -2.28. The van der Waals surface area contributed by atoms with Gasteiger partial charge in [0.15, 0.2) is 0 Å². The first-order valence-corrected chi connectivity index (χ1v) is 5.95. The third-order valence-corrected chi connectivity index (χ3v) is 2.69. The van der Waals surface area contributed by atoms with Crippen molar-refractivity contribution in [3.63, 3.8) is 0 Å². The predicted octanol–water partition coefficient (Wildman–Crippen LogP) is 3.94. The predicted molar refractivity (Wildman–Crippen MR) is 72.7 cm³/mol. The molecular formula is C15H18N2. The minimum absolute atomic E-state index is 0.381. The van der Waals surface area contributed by atoms with Gasteiger partial charge in [-0.1, -0.05) is 18.2 Å². The smallest absolute Gasteiger partial charge is 0.133 e. The van der Waals surface area contributed by atoms with Gasteiger partial charge in [0.05, 0.1) is 0 Å². The van der Waals surface area contributed by atoms with E-state index < -0.39 is 0 Å². The summed E-state index contributed by atoms with van der Waals surface area (Å²) in [6.07, 6.45) is 1.83. The summed E-state index contributed by atoms with van der Waals surface area (Å²) in [5, 5.41) is 0. The maximum absolute atomic E-state index is 4.43. The third-order valence-electron chi connectivity index (χ3n) is 2.69. The van der Waals surface area contributed by atoms with E-state index in [0.29, 0.717) is 6.04 Å². The zero-order valence-corrected chi connectivity index (χ0v) is 10.6. The number of aryl methyl sites for hydroxylation is 1. The number of anilines is 2. The Labute approximate surface area is 103 Å². The lowest BCUT2D eigenvalue weighted by molar-refractivity contribution is 0.777.